The number of aliphatic hydroxyl groups excluding tert-OH is 1. The number of hydrogen-bond acceptors (Lipinski definition) is 7. The number of halogens is 4. The quantitative estimate of drug-likeness (QED) is 0.294. The number of aliphatic hydroxyl groups is 1. The van der Waals surface area contributed by atoms with Gasteiger partial charge < -0.3 is 19.3 Å². The highest BCUT2D eigenvalue weighted by Gasteiger charge is 2.50. The number of fused-ring (bicyclic) bond motifs is 1. The SMILES string of the molecule is C=C(O)CC.COc1cc(S(=O)(=O)N2CCOc3ccc(NC(=O)OC(C(C)(C)C)C(F)(F)F)cc32)ccc1F. The first-order valence-corrected chi connectivity index (χ1v) is 13.4. The fraction of sp³-hybridized carbons (Fsp3) is 0.423. The second kappa shape index (κ2) is 12.7. The van der Waals surface area contributed by atoms with Crippen molar-refractivity contribution in [1.82, 2.24) is 0 Å². The predicted molar refractivity (Wildman–Crippen MR) is 141 cm³/mol. The van der Waals surface area contributed by atoms with E-state index >= 15 is 0 Å². The third kappa shape index (κ3) is 8.16. The normalized spacial score (nSPS) is 14.1. The van der Waals surface area contributed by atoms with Gasteiger partial charge in [-0.05, 0) is 30.3 Å². The van der Waals surface area contributed by atoms with E-state index in [0.717, 1.165) is 22.5 Å². The lowest BCUT2D eigenvalue weighted by Crippen LogP contribution is -2.44. The van der Waals surface area contributed by atoms with Gasteiger partial charge in [-0.25, -0.2) is 17.6 Å². The van der Waals surface area contributed by atoms with Gasteiger partial charge in [-0.2, -0.15) is 13.2 Å². The van der Waals surface area contributed by atoms with Crippen molar-refractivity contribution < 1.29 is 50.1 Å². The molecular formula is C26H32F4N2O7S. The summed E-state index contributed by atoms with van der Waals surface area (Å²) in [6.45, 7) is 8.82. The number of nitrogens with one attached hydrogen (secondary N) is 1. The Morgan fingerprint density at radius 3 is 2.35 bits per heavy atom. The molecule has 222 valence electrons. The molecule has 2 aromatic carbocycles. The number of allylic oxidation sites excluding steroid dienone is 1. The standard InChI is InChI=1S/C22H24F4N2O6S.C4H8O/c1-21(2,3)19(22(24,25)26)34-20(29)27-13-5-8-17-16(11-13)28(9-10-33-17)35(30,31)14-6-7-15(23)18(12-14)32-4;1-3-4(2)5/h5-8,11-12,19H,9-10H2,1-4H3,(H,27,29);5H,2-3H2,1H3. The second-order valence-corrected chi connectivity index (χ2v) is 11.5. The van der Waals surface area contributed by atoms with Crippen LogP contribution in [-0.4, -0.2) is 52.2 Å². The summed E-state index contributed by atoms with van der Waals surface area (Å²) in [7, 11) is -3.02. The summed E-state index contributed by atoms with van der Waals surface area (Å²) in [4.78, 5) is 12.0. The van der Waals surface area contributed by atoms with Gasteiger partial charge in [0.05, 0.1) is 30.0 Å². The molecule has 0 bridgehead atoms. The van der Waals surface area contributed by atoms with Crippen LogP contribution in [-0.2, 0) is 14.8 Å². The van der Waals surface area contributed by atoms with Gasteiger partial charge in [0.15, 0.2) is 11.6 Å². The third-order valence-electron chi connectivity index (χ3n) is 5.45. The molecule has 0 saturated heterocycles. The molecular weight excluding hydrogens is 560 g/mol. The average Bonchev–Trinajstić information content (AvgIpc) is 2.86. The molecule has 9 nitrogen and oxygen atoms in total. The molecule has 1 unspecified atom stereocenters. The van der Waals surface area contributed by atoms with Gasteiger partial charge in [0.25, 0.3) is 10.0 Å². The maximum absolute atomic E-state index is 13.8. The molecule has 0 aliphatic carbocycles. The van der Waals surface area contributed by atoms with E-state index in [9.17, 15) is 30.8 Å². The molecule has 2 aromatic rings. The summed E-state index contributed by atoms with van der Waals surface area (Å²) < 4.78 is 96.3. The Hall–Kier alpha value is -3.68. The molecule has 14 heteroatoms. The third-order valence-corrected chi connectivity index (χ3v) is 7.26. The van der Waals surface area contributed by atoms with Crippen molar-refractivity contribution >= 4 is 27.5 Å². The van der Waals surface area contributed by atoms with E-state index in [0.29, 0.717) is 6.42 Å². The highest BCUT2D eigenvalue weighted by atomic mass is 32.2. The molecule has 1 amide bonds. The lowest BCUT2D eigenvalue weighted by atomic mass is 9.88. The number of carbonyl (C=O) groups is 1. The fourth-order valence-electron chi connectivity index (χ4n) is 3.44. The first-order valence-electron chi connectivity index (χ1n) is 12.0. The number of amides is 1. The van der Waals surface area contributed by atoms with Crippen LogP contribution >= 0.6 is 0 Å². The van der Waals surface area contributed by atoms with Crippen LogP contribution in [0.4, 0.5) is 33.7 Å². The molecule has 3 rings (SSSR count). The van der Waals surface area contributed by atoms with Crippen LogP contribution in [0, 0.1) is 11.2 Å². The average molecular weight is 593 g/mol. The highest BCUT2D eigenvalue weighted by molar-refractivity contribution is 7.92. The van der Waals surface area contributed by atoms with Crippen molar-refractivity contribution in [3.63, 3.8) is 0 Å². The number of carbonyl (C=O) groups excluding carboxylic acids is 1. The van der Waals surface area contributed by atoms with Crippen molar-refractivity contribution in [2.75, 3.05) is 29.9 Å². The van der Waals surface area contributed by atoms with Crippen LogP contribution in [0.2, 0.25) is 0 Å². The lowest BCUT2D eigenvalue weighted by Gasteiger charge is -2.32. The summed E-state index contributed by atoms with van der Waals surface area (Å²) >= 11 is 0. The zero-order valence-electron chi connectivity index (χ0n) is 22.6. The van der Waals surface area contributed by atoms with Gasteiger partial charge >= 0.3 is 12.3 Å². The van der Waals surface area contributed by atoms with Crippen LogP contribution in [0.15, 0.2) is 53.6 Å². The minimum atomic E-state index is -4.79. The summed E-state index contributed by atoms with van der Waals surface area (Å²) in [5.41, 5.74) is -1.41. The van der Waals surface area contributed by atoms with Crippen LogP contribution in [0.1, 0.15) is 34.1 Å². The fourth-order valence-corrected chi connectivity index (χ4v) is 4.90. The van der Waals surface area contributed by atoms with Gasteiger partial charge in [-0.1, -0.05) is 34.3 Å². The molecule has 1 aliphatic rings. The second-order valence-electron chi connectivity index (χ2n) is 9.64. The number of methoxy groups -OCH3 is 1. The van der Waals surface area contributed by atoms with Crippen molar-refractivity contribution in [2.24, 2.45) is 5.41 Å². The number of alkyl halides is 3. The molecule has 40 heavy (non-hydrogen) atoms. The van der Waals surface area contributed by atoms with E-state index in [1.54, 1.807) is 0 Å². The molecule has 2 N–H and O–H groups in total. The number of hydrogen-bond donors (Lipinski definition) is 2. The van der Waals surface area contributed by atoms with E-state index in [-0.39, 0.29) is 46.7 Å². The van der Waals surface area contributed by atoms with E-state index in [1.165, 1.54) is 46.1 Å². The van der Waals surface area contributed by atoms with Gasteiger partial charge in [-0.3, -0.25) is 9.62 Å². The number of nitrogens with zero attached hydrogens (tertiary/aromatic N) is 1. The zero-order chi connectivity index (χ0) is 30.5. The van der Waals surface area contributed by atoms with Crippen molar-refractivity contribution in [2.45, 2.75) is 51.3 Å². The Bertz CT molecular complexity index is 1310. The van der Waals surface area contributed by atoms with Gasteiger partial charge in [0, 0.05) is 23.6 Å². The topological polar surface area (TPSA) is 114 Å². The van der Waals surface area contributed by atoms with Crippen LogP contribution in [0.3, 0.4) is 0 Å². The summed E-state index contributed by atoms with van der Waals surface area (Å²) in [6, 6.07) is 6.98. The number of anilines is 2. The predicted octanol–water partition coefficient (Wildman–Crippen LogP) is 6.42. The Labute approximate surface area is 230 Å². The van der Waals surface area contributed by atoms with Gasteiger partial charge in [0.1, 0.15) is 12.4 Å². The number of benzene rings is 2. The summed E-state index contributed by atoms with van der Waals surface area (Å²) in [5.74, 6) is -0.595. The van der Waals surface area contributed by atoms with E-state index in [4.69, 9.17) is 14.6 Å². The van der Waals surface area contributed by atoms with Crippen molar-refractivity contribution in [3.8, 4) is 11.5 Å². The van der Waals surface area contributed by atoms with Gasteiger partial charge in [-0.15, -0.1) is 0 Å². The molecule has 0 fully saturated rings. The maximum atomic E-state index is 13.8. The van der Waals surface area contributed by atoms with Gasteiger partial charge in [0.2, 0.25) is 6.10 Å². The molecule has 1 heterocycles. The monoisotopic (exact) mass is 592 g/mol. The minimum absolute atomic E-state index is 0.0121. The molecule has 0 saturated carbocycles. The van der Waals surface area contributed by atoms with Crippen LogP contribution in [0.5, 0.6) is 11.5 Å². The maximum Gasteiger partial charge on any atom is 0.426 e. The molecule has 0 spiro atoms. The Morgan fingerprint density at radius 1 is 1.20 bits per heavy atom. The molecule has 1 atom stereocenters. The lowest BCUT2D eigenvalue weighted by molar-refractivity contribution is -0.229. The first-order chi connectivity index (χ1) is 18.4. The molecule has 0 aromatic heterocycles. The Morgan fingerprint density at radius 2 is 1.82 bits per heavy atom. The zero-order valence-corrected chi connectivity index (χ0v) is 23.5. The minimum Gasteiger partial charge on any atom is -0.513 e. The Balaban J connectivity index is 0.00000103. The number of rotatable bonds is 6. The smallest absolute Gasteiger partial charge is 0.426 e. The Kier molecular flexibility index (Phi) is 10.3. The van der Waals surface area contributed by atoms with E-state index < -0.39 is 39.6 Å². The highest BCUT2D eigenvalue weighted by Crippen LogP contribution is 2.39. The molecule has 0 radical (unpaired) electrons. The van der Waals surface area contributed by atoms with Crippen LogP contribution < -0.4 is 19.1 Å². The molecule has 1 aliphatic heterocycles. The van der Waals surface area contributed by atoms with Crippen molar-refractivity contribution in [1.29, 1.82) is 0 Å². The van der Waals surface area contributed by atoms with Crippen LogP contribution in [0.25, 0.3) is 0 Å². The van der Waals surface area contributed by atoms with E-state index in [1.807, 2.05) is 6.92 Å². The summed E-state index contributed by atoms with van der Waals surface area (Å²) in [5, 5.41) is 10.4. The largest absolute Gasteiger partial charge is 0.513 e. The van der Waals surface area contributed by atoms with E-state index in [2.05, 4.69) is 16.6 Å². The van der Waals surface area contributed by atoms with Crippen molar-refractivity contribution in [3.05, 3.63) is 54.6 Å². The summed E-state index contributed by atoms with van der Waals surface area (Å²) in [6.07, 6.45) is -7.86. The first kappa shape index (κ1) is 32.5. The number of sulfonamides is 1. The number of ether oxygens (including phenoxy) is 3.